The first-order valence-corrected chi connectivity index (χ1v) is 12.8. The molecule has 0 atom stereocenters. The SMILES string of the molecule is CCCCCOc1ccc(C)n2c(-c3nc(-c4ccccc4)c(C)s3)c(C)nc12.O=C(O)/C=C/C(=O)O. The molecule has 0 spiro atoms. The average Bonchev–Trinajstić information content (AvgIpc) is 3.42. The second-order valence-electron chi connectivity index (χ2n) is 8.40. The maximum Gasteiger partial charge on any atom is 0.328 e. The smallest absolute Gasteiger partial charge is 0.328 e. The average molecular weight is 522 g/mol. The Morgan fingerprint density at radius 2 is 1.65 bits per heavy atom. The van der Waals surface area contributed by atoms with Crippen LogP contribution in [0.25, 0.3) is 27.6 Å². The molecule has 4 rings (SSSR count). The summed E-state index contributed by atoms with van der Waals surface area (Å²) in [5.41, 5.74) is 6.24. The van der Waals surface area contributed by atoms with Gasteiger partial charge in [-0.3, -0.25) is 4.40 Å². The fraction of sp³-hybridized carbons (Fsp3) is 0.286. The molecule has 0 saturated heterocycles. The number of fused-ring (bicyclic) bond motifs is 1. The van der Waals surface area contributed by atoms with Crippen molar-refractivity contribution in [3.8, 4) is 27.7 Å². The molecule has 37 heavy (non-hydrogen) atoms. The predicted octanol–water partition coefficient (Wildman–Crippen LogP) is 6.33. The topological polar surface area (TPSA) is 114 Å². The fourth-order valence-electron chi connectivity index (χ4n) is 3.78. The van der Waals surface area contributed by atoms with Crippen LogP contribution in [0.1, 0.15) is 42.5 Å². The molecule has 194 valence electrons. The summed E-state index contributed by atoms with van der Waals surface area (Å²) in [6, 6.07) is 14.5. The second kappa shape index (κ2) is 12.8. The number of benzene rings is 1. The molecule has 1 aromatic carbocycles. The van der Waals surface area contributed by atoms with Crippen molar-refractivity contribution in [1.29, 1.82) is 0 Å². The van der Waals surface area contributed by atoms with Crippen LogP contribution in [0.3, 0.4) is 0 Å². The molecule has 4 aromatic rings. The number of carboxylic acids is 2. The lowest BCUT2D eigenvalue weighted by atomic mass is 10.1. The number of carbonyl (C=O) groups is 2. The molecule has 0 fully saturated rings. The Morgan fingerprint density at radius 3 is 2.27 bits per heavy atom. The van der Waals surface area contributed by atoms with Crippen molar-refractivity contribution in [2.45, 2.75) is 47.0 Å². The van der Waals surface area contributed by atoms with E-state index in [9.17, 15) is 9.59 Å². The Morgan fingerprint density at radius 1 is 0.973 bits per heavy atom. The number of hydrogen-bond acceptors (Lipinski definition) is 6. The number of aromatic nitrogens is 3. The Hall–Kier alpha value is -3.98. The first kappa shape index (κ1) is 27.6. The minimum Gasteiger partial charge on any atom is -0.490 e. The van der Waals surface area contributed by atoms with Gasteiger partial charge in [0.1, 0.15) is 10.7 Å². The minimum atomic E-state index is -1.26. The molecule has 0 amide bonds. The van der Waals surface area contributed by atoms with Crippen LogP contribution in [0, 0.1) is 20.8 Å². The number of rotatable bonds is 9. The van der Waals surface area contributed by atoms with E-state index in [-0.39, 0.29) is 0 Å². The number of nitrogens with zero attached hydrogens (tertiary/aromatic N) is 3. The first-order chi connectivity index (χ1) is 17.7. The number of hydrogen-bond donors (Lipinski definition) is 2. The third kappa shape index (κ3) is 7.04. The minimum absolute atomic E-state index is 0.558. The van der Waals surface area contributed by atoms with E-state index in [1.165, 1.54) is 17.7 Å². The second-order valence-corrected chi connectivity index (χ2v) is 9.60. The molecule has 0 aliphatic carbocycles. The van der Waals surface area contributed by atoms with E-state index in [0.29, 0.717) is 12.2 Å². The van der Waals surface area contributed by atoms with Crippen LogP contribution in [-0.4, -0.2) is 43.1 Å². The standard InChI is InChI=1S/C24H27N3OS.C4H4O4/c1-5-6-10-15-28-20-14-13-16(2)27-22(17(3)25-23(20)27)24-26-21(18(4)29-24)19-11-8-7-9-12-19;5-3(6)1-2-4(7)8/h7-9,11-14H,5-6,10,15H2,1-4H3;1-2H,(H,5,6)(H,7,8)/b;2-1+. The maximum atomic E-state index is 9.55. The highest BCUT2D eigenvalue weighted by molar-refractivity contribution is 7.15. The number of aliphatic carboxylic acids is 2. The zero-order chi connectivity index (χ0) is 26.9. The highest BCUT2D eigenvalue weighted by Crippen LogP contribution is 2.37. The number of carboxylic acid groups (broad SMARTS) is 2. The molecule has 3 heterocycles. The molecule has 0 radical (unpaired) electrons. The quantitative estimate of drug-likeness (QED) is 0.195. The first-order valence-electron chi connectivity index (χ1n) is 12.0. The summed E-state index contributed by atoms with van der Waals surface area (Å²) < 4.78 is 8.27. The normalized spacial score (nSPS) is 10.9. The summed E-state index contributed by atoms with van der Waals surface area (Å²) in [5, 5.41) is 16.6. The van der Waals surface area contributed by atoms with Gasteiger partial charge in [0.15, 0.2) is 11.4 Å². The molecular weight excluding hydrogens is 490 g/mol. The third-order valence-corrected chi connectivity index (χ3v) is 6.50. The van der Waals surface area contributed by atoms with Crippen molar-refractivity contribution < 1.29 is 24.5 Å². The lowest BCUT2D eigenvalue weighted by Crippen LogP contribution is -2.01. The fourth-order valence-corrected chi connectivity index (χ4v) is 4.81. The van der Waals surface area contributed by atoms with Gasteiger partial charge in [0.25, 0.3) is 0 Å². The van der Waals surface area contributed by atoms with Crippen molar-refractivity contribution in [2.75, 3.05) is 6.61 Å². The Balaban J connectivity index is 0.000000414. The lowest BCUT2D eigenvalue weighted by Gasteiger charge is -2.10. The monoisotopic (exact) mass is 521 g/mol. The van der Waals surface area contributed by atoms with Gasteiger partial charge in [0.05, 0.1) is 18.0 Å². The van der Waals surface area contributed by atoms with Gasteiger partial charge in [0.2, 0.25) is 0 Å². The van der Waals surface area contributed by atoms with Gasteiger partial charge in [-0.25, -0.2) is 19.6 Å². The van der Waals surface area contributed by atoms with Crippen LogP contribution in [0.15, 0.2) is 54.6 Å². The van der Waals surface area contributed by atoms with Crippen molar-refractivity contribution in [2.24, 2.45) is 0 Å². The molecule has 0 saturated carbocycles. The van der Waals surface area contributed by atoms with Crippen LogP contribution in [-0.2, 0) is 9.59 Å². The van der Waals surface area contributed by atoms with Crippen molar-refractivity contribution >= 4 is 28.9 Å². The van der Waals surface area contributed by atoms with Gasteiger partial charge >= 0.3 is 11.9 Å². The molecule has 8 nitrogen and oxygen atoms in total. The summed E-state index contributed by atoms with van der Waals surface area (Å²) in [5.74, 6) is -1.67. The Kier molecular flexibility index (Phi) is 9.57. The van der Waals surface area contributed by atoms with Crippen LogP contribution in [0.4, 0.5) is 0 Å². The largest absolute Gasteiger partial charge is 0.490 e. The van der Waals surface area contributed by atoms with E-state index >= 15 is 0 Å². The maximum absolute atomic E-state index is 9.55. The molecule has 0 aliphatic rings. The van der Waals surface area contributed by atoms with Crippen LogP contribution >= 0.6 is 11.3 Å². The highest BCUT2D eigenvalue weighted by Gasteiger charge is 2.20. The van der Waals surface area contributed by atoms with Crippen molar-refractivity contribution in [1.82, 2.24) is 14.4 Å². The van der Waals surface area contributed by atoms with E-state index in [0.717, 1.165) is 57.8 Å². The van der Waals surface area contributed by atoms with Gasteiger partial charge in [-0.05, 0) is 39.3 Å². The Bertz CT molecular complexity index is 1390. The lowest BCUT2D eigenvalue weighted by molar-refractivity contribution is -0.134. The summed E-state index contributed by atoms with van der Waals surface area (Å²) in [6.07, 6.45) is 4.55. The zero-order valence-corrected chi connectivity index (χ0v) is 22.2. The van der Waals surface area contributed by atoms with E-state index in [2.05, 4.69) is 62.4 Å². The number of aryl methyl sites for hydroxylation is 3. The highest BCUT2D eigenvalue weighted by atomic mass is 32.1. The number of thiazole rings is 1. The zero-order valence-electron chi connectivity index (χ0n) is 21.4. The molecular formula is C28H31N3O5S. The number of imidazole rings is 1. The van der Waals surface area contributed by atoms with E-state index in [4.69, 9.17) is 24.9 Å². The Labute approximate surface area is 219 Å². The van der Waals surface area contributed by atoms with Crippen LogP contribution in [0.2, 0.25) is 0 Å². The van der Waals surface area contributed by atoms with Gasteiger partial charge in [-0.1, -0.05) is 50.1 Å². The van der Waals surface area contributed by atoms with Gasteiger partial charge in [0, 0.05) is 28.3 Å². The van der Waals surface area contributed by atoms with Gasteiger partial charge in [-0.2, -0.15) is 0 Å². The molecule has 0 unspecified atom stereocenters. The molecule has 2 N–H and O–H groups in total. The van der Waals surface area contributed by atoms with Gasteiger partial charge < -0.3 is 14.9 Å². The van der Waals surface area contributed by atoms with E-state index in [1.807, 2.05) is 12.1 Å². The molecule has 0 aliphatic heterocycles. The third-order valence-electron chi connectivity index (χ3n) is 5.52. The number of pyridine rings is 1. The van der Waals surface area contributed by atoms with Crippen LogP contribution in [0.5, 0.6) is 5.75 Å². The number of unbranched alkanes of at least 4 members (excludes halogenated alkanes) is 2. The van der Waals surface area contributed by atoms with E-state index in [1.54, 1.807) is 11.3 Å². The summed E-state index contributed by atoms with van der Waals surface area (Å²) in [7, 11) is 0. The molecule has 0 bridgehead atoms. The van der Waals surface area contributed by atoms with Crippen molar-refractivity contribution in [3.05, 3.63) is 70.9 Å². The number of ether oxygens (including phenoxy) is 1. The summed E-state index contributed by atoms with van der Waals surface area (Å²) in [4.78, 5) is 30.2. The summed E-state index contributed by atoms with van der Waals surface area (Å²) in [6.45, 7) is 9.23. The molecule has 9 heteroatoms. The summed E-state index contributed by atoms with van der Waals surface area (Å²) >= 11 is 1.72. The van der Waals surface area contributed by atoms with E-state index < -0.39 is 11.9 Å². The molecule has 3 aromatic heterocycles. The predicted molar refractivity (Wildman–Crippen MR) is 145 cm³/mol. The van der Waals surface area contributed by atoms with Crippen LogP contribution < -0.4 is 4.74 Å². The van der Waals surface area contributed by atoms with Gasteiger partial charge in [-0.15, -0.1) is 11.3 Å². The van der Waals surface area contributed by atoms with Crippen molar-refractivity contribution in [3.63, 3.8) is 0 Å².